The lowest BCUT2D eigenvalue weighted by atomic mass is 9.94. The summed E-state index contributed by atoms with van der Waals surface area (Å²) in [5, 5.41) is 7.06. The van der Waals surface area contributed by atoms with Crippen LogP contribution in [0.4, 0.5) is 0 Å². The van der Waals surface area contributed by atoms with Crippen molar-refractivity contribution in [2.75, 3.05) is 53.6 Å². The first-order valence-electron chi connectivity index (χ1n) is 9.54. The van der Waals surface area contributed by atoms with Crippen LogP contribution in [-0.4, -0.2) is 76.1 Å². The van der Waals surface area contributed by atoms with Gasteiger partial charge in [0.2, 0.25) is 0 Å². The fraction of sp³-hybridized carbons (Fsp3) is 0.944. The second-order valence-electron chi connectivity index (χ2n) is 7.04. The highest BCUT2D eigenvalue weighted by molar-refractivity contribution is 14.0. The highest BCUT2D eigenvalue weighted by atomic mass is 127. The van der Waals surface area contributed by atoms with E-state index in [4.69, 9.17) is 9.47 Å². The van der Waals surface area contributed by atoms with Crippen LogP contribution in [0.5, 0.6) is 0 Å². The first-order chi connectivity index (χ1) is 11.7. The van der Waals surface area contributed by atoms with Crippen LogP contribution in [0.15, 0.2) is 4.99 Å². The van der Waals surface area contributed by atoms with Gasteiger partial charge in [-0.1, -0.05) is 13.3 Å². The molecule has 2 aliphatic rings. The molecule has 2 N–H and O–H groups in total. The molecule has 0 saturated carbocycles. The summed E-state index contributed by atoms with van der Waals surface area (Å²) in [7, 11) is 3.64. The molecule has 0 aromatic heterocycles. The molecule has 6 nitrogen and oxygen atoms in total. The molecule has 0 amide bonds. The van der Waals surface area contributed by atoms with E-state index in [9.17, 15) is 0 Å². The number of unbranched alkanes of at least 4 members (excludes halogenated alkanes) is 1. The van der Waals surface area contributed by atoms with Gasteiger partial charge in [-0.05, 0) is 25.8 Å². The van der Waals surface area contributed by atoms with E-state index >= 15 is 0 Å². The largest absolute Gasteiger partial charge is 0.381 e. The van der Waals surface area contributed by atoms with Gasteiger partial charge in [0.1, 0.15) is 0 Å². The van der Waals surface area contributed by atoms with Gasteiger partial charge < -0.3 is 25.0 Å². The number of ether oxygens (including phenoxy) is 2. The molecule has 0 aromatic carbocycles. The van der Waals surface area contributed by atoms with Crippen LogP contribution < -0.4 is 10.6 Å². The minimum absolute atomic E-state index is 0. The van der Waals surface area contributed by atoms with Crippen molar-refractivity contribution in [3.8, 4) is 0 Å². The minimum atomic E-state index is -0.126. The number of rotatable bonds is 7. The summed E-state index contributed by atoms with van der Waals surface area (Å²) in [5.41, 5.74) is -0.126. The number of halogens is 1. The zero-order chi connectivity index (χ0) is 17.3. The van der Waals surface area contributed by atoms with Crippen molar-refractivity contribution in [3.63, 3.8) is 0 Å². The summed E-state index contributed by atoms with van der Waals surface area (Å²) in [6.07, 6.45) is 6.83. The zero-order valence-electron chi connectivity index (χ0n) is 16.2. The predicted octanol–water partition coefficient (Wildman–Crippen LogP) is 2.23. The van der Waals surface area contributed by atoms with Gasteiger partial charge in [0.05, 0.1) is 5.60 Å². The van der Waals surface area contributed by atoms with Crippen LogP contribution in [0, 0.1) is 0 Å². The first kappa shape index (κ1) is 22.9. The maximum absolute atomic E-state index is 5.78. The number of nitrogens with one attached hydrogen (secondary N) is 2. The Kier molecular flexibility index (Phi) is 11.3. The molecular formula is C18H37IN4O2. The summed E-state index contributed by atoms with van der Waals surface area (Å²) in [6.45, 7) is 8.21. The van der Waals surface area contributed by atoms with Crippen molar-refractivity contribution in [2.24, 2.45) is 4.99 Å². The number of likely N-dealkylation sites (tertiary alicyclic amines) is 1. The maximum Gasteiger partial charge on any atom is 0.191 e. The molecule has 0 unspecified atom stereocenters. The molecule has 2 heterocycles. The fourth-order valence-electron chi connectivity index (χ4n) is 3.51. The molecule has 0 radical (unpaired) electrons. The number of hydrogen-bond donors (Lipinski definition) is 2. The molecular weight excluding hydrogens is 431 g/mol. The van der Waals surface area contributed by atoms with Crippen LogP contribution in [0.25, 0.3) is 0 Å². The standard InChI is InChI=1S/C18H36N4O2.HI/c1-4-5-10-22-11-6-16(7-12-22)21-17(19-2)20-15-18(23-3)8-13-24-14-9-18;/h16H,4-15H2,1-3H3,(H2,19,20,21);1H. The Labute approximate surface area is 170 Å². The third kappa shape index (κ3) is 7.56. The maximum atomic E-state index is 5.78. The van der Waals surface area contributed by atoms with E-state index in [0.717, 1.165) is 38.6 Å². The van der Waals surface area contributed by atoms with Crippen molar-refractivity contribution < 1.29 is 9.47 Å². The average Bonchev–Trinajstić information content (AvgIpc) is 2.65. The predicted molar refractivity (Wildman–Crippen MR) is 114 cm³/mol. The SMILES string of the molecule is CCCCN1CCC(NC(=NC)NCC2(OC)CCOCC2)CC1.I. The number of piperidine rings is 1. The van der Waals surface area contributed by atoms with E-state index in [2.05, 4.69) is 27.4 Å². The van der Waals surface area contributed by atoms with Crippen LogP contribution in [0.1, 0.15) is 45.4 Å². The molecule has 0 spiro atoms. The second-order valence-corrected chi connectivity index (χ2v) is 7.04. The van der Waals surface area contributed by atoms with Gasteiger partial charge in [-0.3, -0.25) is 4.99 Å². The number of methoxy groups -OCH3 is 1. The van der Waals surface area contributed by atoms with Gasteiger partial charge in [-0.15, -0.1) is 24.0 Å². The molecule has 0 bridgehead atoms. The first-order valence-corrected chi connectivity index (χ1v) is 9.54. The highest BCUT2D eigenvalue weighted by Crippen LogP contribution is 2.23. The van der Waals surface area contributed by atoms with Gasteiger partial charge in [0, 0.05) is 65.9 Å². The van der Waals surface area contributed by atoms with E-state index < -0.39 is 0 Å². The van der Waals surface area contributed by atoms with Crippen LogP contribution in [0.3, 0.4) is 0 Å². The minimum Gasteiger partial charge on any atom is -0.381 e. The van der Waals surface area contributed by atoms with Crippen LogP contribution >= 0.6 is 24.0 Å². The van der Waals surface area contributed by atoms with Gasteiger partial charge in [0.25, 0.3) is 0 Å². The highest BCUT2D eigenvalue weighted by Gasteiger charge is 2.32. The van der Waals surface area contributed by atoms with E-state index in [1.54, 1.807) is 7.11 Å². The molecule has 2 fully saturated rings. The van der Waals surface area contributed by atoms with Gasteiger partial charge >= 0.3 is 0 Å². The van der Waals surface area contributed by atoms with Crippen molar-refractivity contribution in [1.29, 1.82) is 0 Å². The molecule has 0 aromatic rings. The molecule has 2 saturated heterocycles. The van der Waals surface area contributed by atoms with Gasteiger partial charge in [-0.25, -0.2) is 0 Å². The fourth-order valence-corrected chi connectivity index (χ4v) is 3.51. The van der Waals surface area contributed by atoms with Crippen molar-refractivity contribution in [1.82, 2.24) is 15.5 Å². The van der Waals surface area contributed by atoms with E-state index in [1.807, 2.05) is 7.05 Å². The number of hydrogen-bond acceptors (Lipinski definition) is 4. The van der Waals surface area contributed by atoms with Crippen LogP contribution in [-0.2, 0) is 9.47 Å². The average molecular weight is 468 g/mol. The summed E-state index contributed by atoms with van der Waals surface area (Å²) in [4.78, 5) is 6.98. The van der Waals surface area contributed by atoms with E-state index in [0.29, 0.717) is 6.04 Å². The van der Waals surface area contributed by atoms with Crippen molar-refractivity contribution in [2.45, 2.75) is 57.1 Å². The Morgan fingerprint density at radius 1 is 1.28 bits per heavy atom. The van der Waals surface area contributed by atoms with Crippen molar-refractivity contribution >= 4 is 29.9 Å². The second kappa shape index (κ2) is 12.3. The van der Waals surface area contributed by atoms with Crippen LogP contribution in [0.2, 0.25) is 0 Å². The molecule has 0 aliphatic carbocycles. The molecule has 148 valence electrons. The lowest BCUT2D eigenvalue weighted by Crippen LogP contribution is -2.53. The van der Waals surface area contributed by atoms with E-state index in [1.165, 1.54) is 45.3 Å². The lowest BCUT2D eigenvalue weighted by Gasteiger charge is -2.37. The Morgan fingerprint density at radius 2 is 1.96 bits per heavy atom. The Bertz CT molecular complexity index is 381. The summed E-state index contributed by atoms with van der Waals surface area (Å²) in [5.74, 6) is 0.893. The monoisotopic (exact) mass is 468 g/mol. The smallest absolute Gasteiger partial charge is 0.191 e. The number of nitrogens with zero attached hydrogens (tertiary/aromatic N) is 2. The number of guanidine groups is 1. The Balaban J connectivity index is 0.00000312. The molecule has 25 heavy (non-hydrogen) atoms. The summed E-state index contributed by atoms with van der Waals surface area (Å²) >= 11 is 0. The quantitative estimate of drug-likeness (QED) is 0.341. The van der Waals surface area contributed by atoms with Gasteiger partial charge in [0.15, 0.2) is 5.96 Å². The topological polar surface area (TPSA) is 58.1 Å². The summed E-state index contributed by atoms with van der Waals surface area (Å²) in [6, 6.07) is 0.516. The molecule has 7 heteroatoms. The number of aliphatic imine (C=N–C) groups is 1. The Hall–Kier alpha value is -0.120. The van der Waals surface area contributed by atoms with E-state index in [-0.39, 0.29) is 29.6 Å². The third-order valence-electron chi connectivity index (χ3n) is 5.39. The normalized spacial score (nSPS) is 22.3. The summed E-state index contributed by atoms with van der Waals surface area (Å²) < 4.78 is 11.2. The lowest BCUT2D eigenvalue weighted by molar-refractivity contribution is -0.0855. The molecule has 2 aliphatic heterocycles. The Morgan fingerprint density at radius 3 is 2.52 bits per heavy atom. The molecule has 0 atom stereocenters. The van der Waals surface area contributed by atoms with Gasteiger partial charge in [-0.2, -0.15) is 0 Å². The molecule has 2 rings (SSSR count). The third-order valence-corrected chi connectivity index (χ3v) is 5.39. The van der Waals surface area contributed by atoms with Crippen molar-refractivity contribution in [3.05, 3.63) is 0 Å². The zero-order valence-corrected chi connectivity index (χ0v) is 18.5.